The number of nitrogens with zero attached hydrogens (tertiary/aromatic N) is 2. The number of hydrogen-bond acceptors (Lipinski definition) is 8. The predicted octanol–water partition coefficient (Wildman–Crippen LogP) is 5.76. The van der Waals surface area contributed by atoms with E-state index in [-0.39, 0.29) is 23.6 Å². The molecule has 2 saturated heterocycles. The lowest BCUT2D eigenvalue weighted by atomic mass is 10.1. The monoisotopic (exact) mass is 696 g/mol. The van der Waals surface area contributed by atoms with Gasteiger partial charge in [0.15, 0.2) is 0 Å². The zero-order valence-corrected chi connectivity index (χ0v) is 29.1. The SMILES string of the molecule is O=C(CCCCCN1C(=O)/C(=C2\SC(=S)N(CCCCCC(=O)NCCc3ccccc3)C2=O)SC1=S)NCCc1ccccc1. The predicted molar refractivity (Wildman–Crippen MR) is 194 cm³/mol. The maximum Gasteiger partial charge on any atom is 0.267 e. The third-order valence-electron chi connectivity index (χ3n) is 7.63. The average Bonchev–Trinajstić information content (AvgIpc) is 3.50. The second-order valence-corrected chi connectivity index (χ2v) is 14.4. The first-order valence-corrected chi connectivity index (χ1v) is 18.2. The summed E-state index contributed by atoms with van der Waals surface area (Å²) < 4.78 is 0.872. The summed E-state index contributed by atoms with van der Waals surface area (Å²) >= 11 is 13.3. The number of nitrogens with one attached hydrogen (secondary N) is 2. The molecule has 0 atom stereocenters. The highest BCUT2D eigenvalue weighted by Crippen LogP contribution is 2.42. The summed E-state index contributed by atoms with van der Waals surface area (Å²) in [6.45, 7) is 2.12. The van der Waals surface area contributed by atoms with Gasteiger partial charge in [-0.1, -0.05) is 121 Å². The molecule has 0 aromatic heterocycles. The Morgan fingerprint density at radius 1 is 0.587 bits per heavy atom. The van der Waals surface area contributed by atoms with Crippen molar-refractivity contribution in [2.75, 3.05) is 26.2 Å². The number of carbonyl (C=O) groups is 4. The van der Waals surface area contributed by atoms with E-state index in [9.17, 15) is 19.2 Å². The standard InChI is InChI=1S/C34H40N4O4S4/c39-27(35-21-19-25-13-5-1-6-14-25)17-9-3-11-23-37-31(41)29(45-33(37)43)30-32(42)38(34(44)46-30)24-12-4-10-18-28(40)36-22-20-26-15-7-2-8-16-26/h1-2,5-8,13-16H,3-4,9-12,17-24H2,(H,35,39)(H,36,40)/b30-29+. The summed E-state index contributed by atoms with van der Waals surface area (Å²) in [6.07, 6.45) is 6.94. The van der Waals surface area contributed by atoms with Crippen LogP contribution in [0.3, 0.4) is 0 Å². The molecule has 46 heavy (non-hydrogen) atoms. The van der Waals surface area contributed by atoms with E-state index in [4.69, 9.17) is 24.4 Å². The van der Waals surface area contributed by atoms with Crippen LogP contribution >= 0.6 is 48.0 Å². The van der Waals surface area contributed by atoms with Gasteiger partial charge in [-0.05, 0) is 49.7 Å². The Kier molecular flexibility index (Phi) is 14.7. The Labute approximate surface area is 290 Å². The van der Waals surface area contributed by atoms with Crippen LogP contribution in [-0.2, 0) is 32.0 Å². The Balaban J connectivity index is 1.11. The first kappa shape index (κ1) is 35.8. The van der Waals surface area contributed by atoms with Crippen molar-refractivity contribution in [3.63, 3.8) is 0 Å². The Bertz CT molecular complexity index is 1330. The molecule has 2 aliphatic heterocycles. The van der Waals surface area contributed by atoms with Gasteiger partial charge < -0.3 is 10.6 Å². The molecule has 0 radical (unpaired) electrons. The minimum atomic E-state index is -0.257. The lowest BCUT2D eigenvalue weighted by molar-refractivity contribution is -0.124. The number of thiocarbonyl (C=S) groups is 2. The number of hydrogen-bond donors (Lipinski definition) is 2. The molecule has 12 heteroatoms. The maximum absolute atomic E-state index is 13.2. The molecule has 8 nitrogen and oxygen atoms in total. The van der Waals surface area contributed by atoms with Crippen molar-refractivity contribution in [1.29, 1.82) is 0 Å². The van der Waals surface area contributed by atoms with E-state index in [0.29, 0.717) is 70.3 Å². The molecular weight excluding hydrogens is 657 g/mol. The minimum absolute atomic E-state index is 0.0311. The normalized spacial score (nSPS) is 16.4. The Morgan fingerprint density at radius 2 is 0.978 bits per heavy atom. The third kappa shape index (κ3) is 11.0. The summed E-state index contributed by atoms with van der Waals surface area (Å²) in [7, 11) is 0. The van der Waals surface area contributed by atoms with Crippen LogP contribution in [0, 0.1) is 0 Å². The molecule has 2 aromatic carbocycles. The van der Waals surface area contributed by atoms with Crippen molar-refractivity contribution in [1.82, 2.24) is 20.4 Å². The second kappa shape index (κ2) is 18.9. The van der Waals surface area contributed by atoms with Gasteiger partial charge in [0, 0.05) is 39.0 Å². The zero-order valence-electron chi connectivity index (χ0n) is 25.8. The second-order valence-electron chi connectivity index (χ2n) is 11.1. The van der Waals surface area contributed by atoms with E-state index in [2.05, 4.69) is 10.6 Å². The number of unbranched alkanes of at least 4 members (excludes halogenated alkanes) is 4. The van der Waals surface area contributed by atoms with Crippen LogP contribution in [0.1, 0.15) is 62.5 Å². The third-order valence-corrected chi connectivity index (χ3v) is 10.7. The van der Waals surface area contributed by atoms with Gasteiger partial charge in [0.25, 0.3) is 11.8 Å². The summed E-state index contributed by atoms with van der Waals surface area (Å²) in [6, 6.07) is 20.1. The molecule has 2 fully saturated rings. The average molecular weight is 697 g/mol. The van der Waals surface area contributed by atoms with Gasteiger partial charge in [-0.25, -0.2) is 0 Å². The molecule has 2 aliphatic rings. The van der Waals surface area contributed by atoms with Crippen LogP contribution in [0.15, 0.2) is 70.5 Å². The lowest BCUT2D eigenvalue weighted by Gasteiger charge is -2.14. The number of benzene rings is 2. The Hall–Kier alpha value is -3.06. The zero-order chi connectivity index (χ0) is 32.7. The fourth-order valence-corrected chi connectivity index (χ4v) is 7.85. The summed E-state index contributed by atoms with van der Waals surface area (Å²) in [5, 5.41) is 5.92. The van der Waals surface area contributed by atoms with Crippen molar-refractivity contribution >= 4 is 80.2 Å². The highest BCUT2D eigenvalue weighted by molar-refractivity contribution is 8.29. The first-order chi connectivity index (χ1) is 22.3. The van der Waals surface area contributed by atoms with E-state index in [1.54, 1.807) is 9.80 Å². The molecule has 2 aromatic rings. The fraction of sp³-hybridized carbons (Fsp3) is 0.412. The van der Waals surface area contributed by atoms with Gasteiger partial charge in [-0.3, -0.25) is 29.0 Å². The maximum atomic E-state index is 13.2. The molecule has 0 saturated carbocycles. The highest BCUT2D eigenvalue weighted by Gasteiger charge is 2.41. The van der Waals surface area contributed by atoms with E-state index < -0.39 is 0 Å². The van der Waals surface area contributed by atoms with Crippen molar-refractivity contribution in [3.05, 3.63) is 81.6 Å². The number of amides is 4. The van der Waals surface area contributed by atoms with Crippen LogP contribution in [0.2, 0.25) is 0 Å². The van der Waals surface area contributed by atoms with Crippen LogP contribution in [-0.4, -0.2) is 68.2 Å². The quantitative estimate of drug-likeness (QED) is 0.116. The van der Waals surface area contributed by atoms with Crippen molar-refractivity contribution in [2.45, 2.75) is 64.2 Å². The Morgan fingerprint density at radius 3 is 1.37 bits per heavy atom. The van der Waals surface area contributed by atoms with Crippen molar-refractivity contribution < 1.29 is 19.2 Å². The van der Waals surface area contributed by atoms with Gasteiger partial charge in [0.2, 0.25) is 11.8 Å². The smallest absolute Gasteiger partial charge is 0.267 e. The molecule has 0 unspecified atom stereocenters. The first-order valence-electron chi connectivity index (χ1n) is 15.8. The molecule has 4 rings (SSSR count). The van der Waals surface area contributed by atoms with Gasteiger partial charge in [0.1, 0.15) is 8.64 Å². The van der Waals surface area contributed by atoms with Gasteiger partial charge in [-0.15, -0.1) is 0 Å². The van der Waals surface area contributed by atoms with Crippen LogP contribution in [0.5, 0.6) is 0 Å². The topological polar surface area (TPSA) is 98.8 Å². The largest absolute Gasteiger partial charge is 0.356 e. The summed E-state index contributed by atoms with van der Waals surface area (Å²) in [5.41, 5.74) is 2.38. The number of carbonyl (C=O) groups excluding carboxylic acids is 4. The van der Waals surface area contributed by atoms with Gasteiger partial charge in [0.05, 0.1) is 9.81 Å². The number of rotatable bonds is 18. The van der Waals surface area contributed by atoms with Crippen LogP contribution < -0.4 is 10.6 Å². The highest BCUT2D eigenvalue weighted by atomic mass is 32.2. The molecule has 244 valence electrons. The minimum Gasteiger partial charge on any atom is -0.356 e. The molecule has 2 heterocycles. The molecule has 4 amide bonds. The molecular formula is C34H40N4O4S4. The molecule has 2 N–H and O–H groups in total. The van der Waals surface area contributed by atoms with Crippen LogP contribution in [0.4, 0.5) is 0 Å². The lowest BCUT2D eigenvalue weighted by Crippen LogP contribution is -2.31. The fourth-order valence-electron chi connectivity index (χ4n) is 5.08. The van der Waals surface area contributed by atoms with E-state index in [0.717, 1.165) is 62.0 Å². The van der Waals surface area contributed by atoms with E-state index in [1.807, 2.05) is 60.7 Å². The summed E-state index contributed by atoms with van der Waals surface area (Å²) in [4.78, 5) is 54.5. The summed E-state index contributed by atoms with van der Waals surface area (Å²) in [5.74, 6) is -0.452. The van der Waals surface area contributed by atoms with Crippen molar-refractivity contribution in [3.8, 4) is 0 Å². The van der Waals surface area contributed by atoms with Gasteiger partial charge in [-0.2, -0.15) is 0 Å². The van der Waals surface area contributed by atoms with Crippen molar-refractivity contribution in [2.24, 2.45) is 0 Å². The van der Waals surface area contributed by atoms with Crippen LogP contribution in [0.25, 0.3) is 0 Å². The molecule has 0 spiro atoms. The van der Waals surface area contributed by atoms with E-state index >= 15 is 0 Å². The van der Waals surface area contributed by atoms with Gasteiger partial charge >= 0.3 is 0 Å². The number of thioether (sulfide) groups is 2. The molecule has 0 bridgehead atoms. The van der Waals surface area contributed by atoms with E-state index in [1.165, 1.54) is 11.1 Å². The molecule has 0 aliphatic carbocycles.